The second-order valence-corrected chi connectivity index (χ2v) is 16.5. The zero-order valence-corrected chi connectivity index (χ0v) is 21.3. The highest BCUT2D eigenvalue weighted by molar-refractivity contribution is 7.73. The minimum atomic E-state index is -6.58. The molecule has 10 N–H and O–H groups in total. The molecule has 25 nitrogen and oxygen atoms in total. The van der Waals surface area contributed by atoms with Crippen LogP contribution in [0.2, 0.25) is 0 Å². The molecule has 0 aromatic heterocycles. The molecular weight excluding hydrogens is 648 g/mol. The SMILES string of the molecule is O=P(O)(O)OP(=O)(O)OP(=O)(O)OP(=O)(O)OP(=O)(O)OP(=O)(O)OP(=O)(O)OP(=O)(O)O. The topological polar surface area (TPSA) is 403 Å². The molecule has 33 heavy (non-hydrogen) atoms. The summed E-state index contributed by atoms with van der Waals surface area (Å²) in [7, 11) is -50.3. The van der Waals surface area contributed by atoms with Crippen LogP contribution in [0.3, 0.4) is 0 Å². The monoisotopic (exact) mass is 658 g/mol. The first-order valence-electron chi connectivity index (χ1n) is 6.02. The molecule has 0 saturated heterocycles. The first kappa shape index (κ1) is 34.2. The van der Waals surface area contributed by atoms with Gasteiger partial charge in [0.25, 0.3) is 0 Å². The van der Waals surface area contributed by atoms with E-state index in [0.29, 0.717) is 0 Å². The lowest BCUT2D eigenvalue weighted by Gasteiger charge is -2.20. The minimum Gasteiger partial charge on any atom is -0.302 e. The third-order valence-electron chi connectivity index (χ3n) is 1.45. The van der Waals surface area contributed by atoms with Gasteiger partial charge in [-0.15, -0.1) is 0 Å². The summed E-state index contributed by atoms with van der Waals surface area (Å²) in [6, 6.07) is 0. The molecule has 0 rings (SSSR count). The molecule has 0 aliphatic heterocycles. The molecule has 0 saturated carbocycles. The van der Waals surface area contributed by atoms with Crippen molar-refractivity contribution < 1.29 is 116 Å². The van der Waals surface area contributed by atoms with Crippen molar-refractivity contribution in [3.05, 3.63) is 0 Å². The molecule has 0 radical (unpaired) electrons. The van der Waals surface area contributed by atoms with Crippen LogP contribution in [0.5, 0.6) is 0 Å². The van der Waals surface area contributed by atoms with Gasteiger partial charge in [0, 0.05) is 0 Å². The average Bonchev–Trinajstić information content (AvgIpc) is 2.20. The summed E-state index contributed by atoms with van der Waals surface area (Å²) in [4.78, 5) is 86.9. The zero-order chi connectivity index (χ0) is 26.9. The first-order chi connectivity index (χ1) is 13.9. The lowest BCUT2D eigenvalue weighted by molar-refractivity contribution is 0.181. The maximum atomic E-state index is 11.5. The van der Waals surface area contributed by atoms with Crippen molar-refractivity contribution >= 4 is 62.6 Å². The van der Waals surface area contributed by atoms with Crippen LogP contribution in [0.15, 0.2) is 0 Å². The molecule has 0 amide bonds. The van der Waals surface area contributed by atoms with Crippen LogP contribution in [-0.4, -0.2) is 48.9 Å². The summed E-state index contributed by atoms with van der Waals surface area (Å²) in [5.41, 5.74) is 0. The highest BCUT2D eigenvalue weighted by Crippen LogP contribution is 2.76. The molecule has 0 aliphatic rings. The van der Waals surface area contributed by atoms with E-state index in [1.54, 1.807) is 0 Å². The zero-order valence-electron chi connectivity index (χ0n) is 14.2. The smallest absolute Gasteiger partial charge is 0.302 e. The predicted molar refractivity (Wildman–Crippen MR) is 90.6 cm³/mol. The fourth-order valence-electron chi connectivity index (χ4n) is 1.01. The van der Waals surface area contributed by atoms with Gasteiger partial charge in [-0.05, 0) is 0 Å². The maximum absolute atomic E-state index is 11.5. The molecule has 0 bridgehead atoms. The van der Waals surface area contributed by atoms with Crippen LogP contribution in [0.4, 0.5) is 0 Å². The molecular formula is H10O25P8. The van der Waals surface area contributed by atoms with E-state index in [2.05, 4.69) is 30.2 Å². The molecule has 0 aromatic rings. The fourth-order valence-corrected chi connectivity index (χ4v) is 10.7. The molecule has 33 heteroatoms. The van der Waals surface area contributed by atoms with Crippen LogP contribution in [-0.2, 0) is 66.7 Å². The number of rotatable bonds is 14. The molecule has 0 spiro atoms. The van der Waals surface area contributed by atoms with Gasteiger partial charge in [0.15, 0.2) is 0 Å². The van der Waals surface area contributed by atoms with Gasteiger partial charge in [0.05, 0.1) is 0 Å². The fraction of sp³-hybridized carbons (Fsp3) is 0. The Labute approximate surface area is 179 Å². The Hall–Kier alpha value is 1.16. The van der Waals surface area contributed by atoms with E-state index in [1.807, 2.05) is 0 Å². The van der Waals surface area contributed by atoms with Gasteiger partial charge in [0.2, 0.25) is 0 Å². The van der Waals surface area contributed by atoms with Gasteiger partial charge in [-0.2, -0.15) is 30.2 Å². The van der Waals surface area contributed by atoms with Crippen molar-refractivity contribution in [1.29, 1.82) is 0 Å². The summed E-state index contributed by atoms with van der Waals surface area (Å²) in [6.07, 6.45) is 0. The highest BCUT2D eigenvalue weighted by atomic mass is 31.3. The van der Waals surface area contributed by atoms with Gasteiger partial charge < -0.3 is 48.9 Å². The highest BCUT2D eigenvalue weighted by Gasteiger charge is 2.50. The Balaban J connectivity index is 5.43. The summed E-state index contributed by atoms with van der Waals surface area (Å²) in [5, 5.41) is 0. The molecule has 0 aromatic carbocycles. The molecule has 0 aliphatic carbocycles. The second-order valence-electron chi connectivity index (χ2n) is 4.36. The third-order valence-corrected chi connectivity index (χ3v) is 13.1. The summed E-state index contributed by atoms with van der Waals surface area (Å²) >= 11 is 0. The second kappa shape index (κ2) is 10.9. The minimum absolute atomic E-state index is 3.02. The van der Waals surface area contributed by atoms with Crippen LogP contribution in [0.25, 0.3) is 0 Å². The van der Waals surface area contributed by atoms with E-state index in [4.69, 9.17) is 48.9 Å². The van der Waals surface area contributed by atoms with E-state index in [-0.39, 0.29) is 0 Å². The van der Waals surface area contributed by atoms with Crippen molar-refractivity contribution in [2.24, 2.45) is 0 Å². The third kappa shape index (κ3) is 17.3. The Morgan fingerprint density at radius 1 is 0.273 bits per heavy atom. The Morgan fingerprint density at radius 2 is 0.394 bits per heavy atom. The Morgan fingerprint density at radius 3 is 0.515 bits per heavy atom. The summed E-state index contributed by atoms with van der Waals surface area (Å²) in [6.45, 7) is 0. The van der Waals surface area contributed by atoms with Crippen LogP contribution < -0.4 is 0 Å². The van der Waals surface area contributed by atoms with E-state index in [1.165, 1.54) is 0 Å². The molecule has 200 valence electrons. The van der Waals surface area contributed by atoms with Crippen molar-refractivity contribution in [3.63, 3.8) is 0 Å². The van der Waals surface area contributed by atoms with Crippen molar-refractivity contribution in [3.8, 4) is 0 Å². The Kier molecular flexibility index (Phi) is 11.3. The van der Waals surface area contributed by atoms with Gasteiger partial charge in [-0.25, -0.2) is 36.5 Å². The molecule has 0 fully saturated rings. The lowest BCUT2D eigenvalue weighted by Crippen LogP contribution is -2.00. The number of phosphoric acid groups is 8. The van der Waals surface area contributed by atoms with Crippen molar-refractivity contribution in [2.45, 2.75) is 0 Å². The maximum Gasteiger partial charge on any atom is 0.490 e. The molecule has 6 unspecified atom stereocenters. The van der Waals surface area contributed by atoms with Crippen LogP contribution in [0, 0.1) is 0 Å². The van der Waals surface area contributed by atoms with E-state index < -0.39 is 62.6 Å². The number of hydrogen-bond donors (Lipinski definition) is 10. The first-order valence-corrected chi connectivity index (χ1v) is 18.0. The number of hydrogen-bond acceptors (Lipinski definition) is 15. The van der Waals surface area contributed by atoms with Gasteiger partial charge in [-0.3, -0.25) is 0 Å². The van der Waals surface area contributed by atoms with Crippen LogP contribution in [0.1, 0.15) is 0 Å². The van der Waals surface area contributed by atoms with E-state index in [0.717, 1.165) is 0 Å². The van der Waals surface area contributed by atoms with E-state index >= 15 is 0 Å². The van der Waals surface area contributed by atoms with Crippen molar-refractivity contribution in [1.82, 2.24) is 0 Å². The van der Waals surface area contributed by atoms with Crippen LogP contribution >= 0.6 is 62.6 Å². The quantitative estimate of drug-likeness (QED) is 0.109. The van der Waals surface area contributed by atoms with Gasteiger partial charge in [0.1, 0.15) is 0 Å². The summed E-state index contributed by atoms with van der Waals surface area (Å²) < 4.78 is 110. The largest absolute Gasteiger partial charge is 0.490 e. The van der Waals surface area contributed by atoms with Gasteiger partial charge in [-0.1, -0.05) is 0 Å². The lowest BCUT2D eigenvalue weighted by atomic mass is 15.7. The standard InChI is InChI=1S/H10O25P8/c1-26(2,3)19-28(7,8)21-30(11,12)23-32(15,16)25-33(17,18)24-31(13,14)22-29(9,10)20-27(4,5)6/h(H,7,8)(H,9,10)(H,11,12)(H,13,14)(H,15,16)(H,17,18)(H2,1,2,3)(H2,4,5,6). The van der Waals surface area contributed by atoms with Crippen molar-refractivity contribution in [2.75, 3.05) is 0 Å². The average molecular weight is 658 g/mol. The normalized spacial score (nSPS) is 24.3. The molecule has 0 heterocycles. The predicted octanol–water partition coefficient (Wildman–Crippen LogP) is -0.110. The Bertz CT molecular complexity index is 1000. The van der Waals surface area contributed by atoms with Gasteiger partial charge >= 0.3 is 62.6 Å². The summed E-state index contributed by atoms with van der Waals surface area (Å²) in [5.74, 6) is 0. The molecule has 6 atom stereocenters. The van der Waals surface area contributed by atoms with E-state index in [9.17, 15) is 36.5 Å².